The van der Waals surface area contributed by atoms with E-state index in [9.17, 15) is 19.5 Å². The third kappa shape index (κ3) is 4.71. The van der Waals surface area contributed by atoms with Crippen molar-refractivity contribution in [3.63, 3.8) is 0 Å². The fourth-order valence-corrected chi connectivity index (χ4v) is 3.00. The molecule has 1 aliphatic heterocycles. The van der Waals surface area contributed by atoms with E-state index in [4.69, 9.17) is 0 Å². The fourth-order valence-electron chi connectivity index (χ4n) is 3.00. The van der Waals surface area contributed by atoms with Crippen LogP contribution in [0.1, 0.15) is 57.9 Å². The summed E-state index contributed by atoms with van der Waals surface area (Å²) < 4.78 is 0. The summed E-state index contributed by atoms with van der Waals surface area (Å²) in [7, 11) is 0. The molecule has 0 spiro atoms. The van der Waals surface area contributed by atoms with Gasteiger partial charge in [-0.15, -0.1) is 0 Å². The Kier molecular flexibility index (Phi) is 6.95. The first kappa shape index (κ1) is 19.7. The second-order valence-corrected chi connectivity index (χ2v) is 6.51. The predicted octanol–water partition coefficient (Wildman–Crippen LogP) is 3.64. The van der Waals surface area contributed by atoms with Crippen molar-refractivity contribution >= 4 is 29.0 Å². The highest BCUT2D eigenvalue weighted by Crippen LogP contribution is 2.29. The summed E-state index contributed by atoms with van der Waals surface area (Å²) in [6, 6.07) is 6.48. The topological polar surface area (TPSA) is 86.7 Å². The lowest BCUT2D eigenvalue weighted by atomic mass is 10.1. The van der Waals surface area contributed by atoms with Crippen LogP contribution < -0.4 is 5.32 Å². The molecule has 140 valence electrons. The molecule has 26 heavy (non-hydrogen) atoms. The summed E-state index contributed by atoms with van der Waals surface area (Å²) >= 11 is 0. The molecule has 0 saturated heterocycles. The van der Waals surface area contributed by atoms with E-state index < -0.39 is 17.6 Å². The maximum atomic E-state index is 12.6. The number of nitrogens with zero attached hydrogens (tertiary/aromatic N) is 1. The molecule has 1 aliphatic rings. The molecule has 0 aliphatic carbocycles. The van der Waals surface area contributed by atoms with E-state index in [0.29, 0.717) is 17.8 Å². The van der Waals surface area contributed by atoms with Gasteiger partial charge in [0.2, 0.25) is 5.91 Å². The molecule has 2 N–H and O–H groups in total. The zero-order chi connectivity index (χ0) is 19.1. The number of aliphatic hydroxyl groups excluding tert-OH is 1. The number of hydrogen-bond donors (Lipinski definition) is 2. The van der Waals surface area contributed by atoms with Crippen molar-refractivity contribution in [2.24, 2.45) is 0 Å². The summed E-state index contributed by atoms with van der Waals surface area (Å²) in [4.78, 5) is 37.0. The standard InChI is InChI=1S/C20H26N2O4/c1-3-4-5-6-7-8-13-22-19(25)17(18(24)20(22)26)15-9-11-16(12-10-15)21-14(2)23/h9-12,24H,3-8,13H2,1-2H3,(H,21,23). The number of carbonyl (C=O) groups is 3. The molecule has 1 aromatic rings. The Morgan fingerprint density at radius 3 is 2.23 bits per heavy atom. The van der Waals surface area contributed by atoms with E-state index in [0.717, 1.165) is 30.6 Å². The minimum Gasteiger partial charge on any atom is -0.502 e. The quantitative estimate of drug-likeness (QED) is 0.521. The summed E-state index contributed by atoms with van der Waals surface area (Å²) in [6.45, 7) is 3.88. The molecule has 2 rings (SSSR count). The monoisotopic (exact) mass is 358 g/mol. The molecule has 1 aromatic carbocycles. The Morgan fingerprint density at radius 2 is 1.62 bits per heavy atom. The Balaban J connectivity index is 2.00. The lowest BCUT2D eigenvalue weighted by Gasteiger charge is -2.14. The molecule has 0 unspecified atom stereocenters. The minimum atomic E-state index is -0.635. The Morgan fingerprint density at radius 1 is 1.00 bits per heavy atom. The number of unbranched alkanes of at least 4 members (excludes halogenated alkanes) is 5. The second kappa shape index (κ2) is 9.17. The van der Waals surface area contributed by atoms with E-state index in [1.54, 1.807) is 24.3 Å². The van der Waals surface area contributed by atoms with Crippen molar-refractivity contribution in [2.45, 2.75) is 52.4 Å². The molecule has 6 heteroatoms. The number of amides is 3. The number of rotatable bonds is 9. The van der Waals surface area contributed by atoms with Crippen molar-refractivity contribution in [3.8, 4) is 0 Å². The molecule has 1 heterocycles. The number of hydrogen-bond acceptors (Lipinski definition) is 4. The first-order valence-electron chi connectivity index (χ1n) is 9.13. The zero-order valence-electron chi connectivity index (χ0n) is 15.4. The third-order valence-corrected chi connectivity index (χ3v) is 4.37. The second-order valence-electron chi connectivity index (χ2n) is 6.51. The Hall–Kier alpha value is -2.63. The van der Waals surface area contributed by atoms with Gasteiger partial charge in [-0.2, -0.15) is 0 Å². The van der Waals surface area contributed by atoms with Crippen LogP contribution in [0.4, 0.5) is 5.69 Å². The number of anilines is 1. The van der Waals surface area contributed by atoms with Crippen LogP contribution in [0.25, 0.3) is 5.57 Å². The largest absolute Gasteiger partial charge is 0.502 e. The average molecular weight is 358 g/mol. The maximum absolute atomic E-state index is 12.6. The molecular weight excluding hydrogens is 332 g/mol. The molecule has 0 fully saturated rings. The van der Waals surface area contributed by atoms with Crippen LogP contribution in [0.5, 0.6) is 0 Å². The van der Waals surface area contributed by atoms with Crippen molar-refractivity contribution in [1.29, 1.82) is 0 Å². The number of nitrogens with one attached hydrogen (secondary N) is 1. The van der Waals surface area contributed by atoms with Crippen LogP contribution >= 0.6 is 0 Å². The van der Waals surface area contributed by atoms with Crippen molar-refractivity contribution < 1.29 is 19.5 Å². The SMILES string of the molecule is CCCCCCCCN1C(=O)C(O)=C(c2ccc(NC(C)=O)cc2)C1=O. The Bertz CT molecular complexity index is 707. The van der Waals surface area contributed by atoms with Gasteiger partial charge in [0.15, 0.2) is 5.76 Å². The highest BCUT2D eigenvalue weighted by Gasteiger charge is 2.38. The number of benzene rings is 1. The first-order chi connectivity index (χ1) is 12.5. The first-order valence-corrected chi connectivity index (χ1v) is 9.13. The molecule has 6 nitrogen and oxygen atoms in total. The van der Waals surface area contributed by atoms with Crippen molar-refractivity contribution in [1.82, 2.24) is 4.90 Å². The summed E-state index contributed by atoms with van der Waals surface area (Å²) in [5.41, 5.74) is 1.07. The van der Waals surface area contributed by atoms with Gasteiger partial charge in [-0.3, -0.25) is 19.3 Å². The van der Waals surface area contributed by atoms with Crippen LogP contribution in [0, 0.1) is 0 Å². The van der Waals surface area contributed by atoms with Gasteiger partial charge in [0, 0.05) is 19.2 Å². The average Bonchev–Trinajstić information content (AvgIpc) is 2.81. The maximum Gasteiger partial charge on any atom is 0.296 e. The van der Waals surface area contributed by atoms with Gasteiger partial charge in [0.25, 0.3) is 11.8 Å². The minimum absolute atomic E-state index is 0.0235. The van der Waals surface area contributed by atoms with Crippen molar-refractivity contribution in [2.75, 3.05) is 11.9 Å². The van der Waals surface area contributed by atoms with Gasteiger partial charge < -0.3 is 10.4 Å². The molecule has 0 bridgehead atoms. The van der Waals surface area contributed by atoms with E-state index >= 15 is 0 Å². The molecular formula is C20H26N2O4. The molecule has 0 aromatic heterocycles. The van der Waals surface area contributed by atoms with Crippen molar-refractivity contribution in [3.05, 3.63) is 35.6 Å². The lowest BCUT2D eigenvalue weighted by molar-refractivity contribution is -0.138. The van der Waals surface area contributed by atoms with E-state index in [-0.39, 0.29) is 11.5 Å². The lowest BCUT2D eigenvalue weighted by Crippen LogP contribution is -2.32. The van der Waals surface area contributed by atoms with Gasteiger partial charge >= 0.3 is 0 Å². The molecule has 0 saturated carbocycles. The van der Waals surface area contributed by atoms with E-state index in [1.165, 1.54) is 19.8 Å². The van der Waals surface area contributed by atoms with Crippen LogP contribution in [0.2, 0.25) is 0 Å². The van der Waals surface area contributed by atoms with Crippen LogP contribution in [0.3, 0.4) is 0 Å². The van der Waals surface area contributed by atoms with Gasteiger partial charge in [-0.1, -0.05) is 51.2 Å². The smallest absolute Gasteiger partial charge is 0.296 e. The fraction of sp³-hybridized carbons (Fsp3) is 0.450. The van der Waals surface area contributed by atoms with Crippen LogP contribution in [0.15, 0.2) is 30.0 Å². The van der Waals surface area contributed by atoms with Gasteiger partial charge in [0.05, 0.1) is 5.57 Å². The van der Waals surface area contributed by atoms with Gasteiger partial charge in [-0.25, -0.2) is 0 Å². The highest BCUT2D eigenvalue weighted by atomic mass is 16.3. The summed E-state index contributed by atoms with van der Waals surface area (Å²) in [6.07, 6.45) is 6.31. The van der Waals surface area contributed by atoms with E-state index in [2.05, 4.69) is 12.2 Å². The predicted molar refractivity (Wildman–Crippen MR) is 100 cm³/mol. The molecule has 0 atom stereocenters. The zero-order valence-corrected chi connectivity index (χ0v) is 15.4. The highest BCUT2D eigenvalue weighted by molar-refractivity contribution is 6.34. The normalized spacial score (nSPS) is 14.3. The number of carbonyl (C=O) groups excluding carboxylic acids is 3. The third-order valence-electron chi connectivity index (χ3n) is 4.37. The van der Waals surface area contributed by atoms with Crippen LogP contribution in [-0.2, 0) is 14.4 Å². The van der Waals surface area contributed by atoms with E-state index in [1.807, 2.05) is 0 Å². The number of imide groups is 1. The summed E-state index contributed by atoms with van der Waals surface area (Å²) in [5.74, 6) is -1.80. The van der Waals surface area contributed by atoms with Gasteiger partial charge in [0.1, 0.15) is 0 Å². The number of aliphatic hydroxyl groups is 1. The molecule has 0 radical (unpaired) electrons. The van der Waals surface area contributed by atoms with Crippen LogP contribution in [-0.4, -0.2) is 34.3 Å². The summed E-state index contributed by atoms with van der Waals surface area (Å²) in [5, 5.41) is 12.8. The Labute approximate surface area is 153 Å². The van der Waals surface area contributed by atoms with Gasteiger partial charge in [-0.05, 0) is 24.1 Å². The molecule has 3 amide bonds.